The first-order valence-corrected chi connectivity index (χ1v) is 9.95. The van der Waals surface area contributed by atoms with Gasteiger partial charge in [-0.1, -0.05) is 26.8 Å². The number of carbonyl (C=O) groups excluding carboxylic acids is 1. The number of amides is 1. The van der Waals surface area contributed by atoms with Crippen LogP contribution in [0.25, 0.3) is 0 Å². The second kappa shape index (κ2) is 10.7. The van der Waals surface area contributed by atoms with Gasteiger partial charge in [-0.25, -0.2) is 9.98 Å². The molecule has 1 aromatic rings. The van der Waals surface area contributed by atoms with E-state index in [-0.39, 0.29) is 17.9 Å². The lowest BCUT2D eigenvalue weighted by atomic mass is 10.2. The lowest BCUT2D eigenvalue weighted by Crippen LogP contribution is -2.45. The quantitative estimate of drug-likeness (QED) is 0.538. The van der Waals surface area contributed by atoms with Gasteiger partial charge in [-0.3, -0.25) is 4.79 Å². The summed E-state index contributed by atoms with van der Waals surface area (Å²) in [6.45, 7) is 11.4. The van der Waals surface area contributed by atoms with Crippen molar-refractivity contribution in [3.05, 3.63) is 23.9 Å². The third kappa shape index (κ3) is 6.41. The highest BCUT2D eigenvalue weighted by molar-refractivity contribution is 5.81. The maximum absolute atomic E-state index is 12.2. The van der Waals surface area contributed by atoms with Gasteiger partial charge in [-0.2, -0.15) is 0 Å². The highest BCUT2D eigenvalue weighted by atomic mass is 16.5. The molecule has 1 fully saturated rings. The van der Waals surface area contributed by atoms with Crippen LogP contribution in [-0.4, -0.2) is 54.0 Å². The van der Waals surface area contributed by atoms with Crippen LogP contribution in [-0.2, 0) is 11.3 Å². The van der Waals surface area contributed by atoms with Crippen LogP contribution in [0.3, 0.4) is 0 Å². The molecule has 1 aliphatic heterocycles. The number of nitrogens with one attached hydrogen (secondary N) is 2. The summed E-state index contributed by atoms with van der Waals surface area (Å²) in [6.07, 6.45) is 3.61. The maximum Gasteiger partial charge on any atom is 0.225 e. The zero-order valence-electron chi connectivity index (χ0n) is 17.0. The highest BCUT2D eigenvalue weighted by Gasteiger charge is 2.27. The fraction of sp³-hybridized carbons (Fsp3) is 0.650. The van der Waals surface area contributed by atoms with Crippen molar-refractivity contribution in [3.8, 4) is 5.88 Å². The fourth-order valence-corrected chi connectivity index (χ4v) is 2.99. The first kappa shape index (κ1) is 21.0. The normalized spacial score (nSPS) is 17.3. The molecular formula is C20H33N5O2. The van der Waals surface area contributed by atoms with Crippen molar-refractivity contribution >= 4 is 11.9 Å². The van der Waals surface area contributed by atoms with Crippen molar-refractivity contribution in [2.75, 3.05) is 26.2 Å². The molecule has 0 aromatic carbocycles. The van der Waals surface area contributed by atoms with Gasteiger partial charge in [0.1, 0.15) is 0 Å². The first-order valence-electron chi connectivity index (χ1n) is 9.95. The minimum absolute atomic E-state index is 0.0396. The van der Waals surface area contributed by atoms with Crippen LogP contribution < -0.4 is 15.4 Å². The molecule has 1 atom stereocenters. The van der Waals surface area contributed by atoms with Gasteiger partial charge in [0.2, 0.25) is 11.8 Å². The van der Waals surface area contributed by atoms with E-state index in [0.29, 0.717) is 19.0 Å². The van der Waals surface area contributed by atoms with E-state index in [2.05, 4.69) is 22.5 Å². The monoisotopic (exact) mass is 375 g/mol. The van der Waals surface area contributed by atoms with Crippen LogP contribution in [0.4, 0.5) is 0 Å². The molecule has 1 saturated heterocycles. The van der Waals surface area contributed by atoms with E-state index in [1.54, 1.807) is 6.20 Å². The van der Waals surface area contributed by atoms with Crippen molar-refractivity contribution in [1.82, 2.24) is 20.5 Å². The van der Waals surface area contributed by atoms with Crippen LogP contribution >= 0.6 is 0 Å². The molecule has 2 N–H and O–H groups in total. The van der Waals surface area contributed by atoms with Gasteiger partial charge in [0, 0.05) is 43.4 Å². The van der Waals surface area contributed by atoms with E-state index in [0.717, 1.165) is 44.0 Å². The number of hydrogen-bond donors (Lipinski definition) is 2. The number of aromatic nitrogens is 1. The zero-order chi connectivity index (χ0) is 19.6. The van der Waals surface area contributed by atoms with Gasteiger partial charge in [0.05, 0.1) is 13.2 Å². The maximum atomic E-state index is 12.2. The van der Waals surface area contributed by atoms with E-state index in [1.165, 1.54) is 0 Å². The van der Waals surface area contributed by atoms with Crippen LogP contribution in [0.1, 0.15) is 46.1 Å². The van der Waals surface area contributed by atoms with E-state index >= 15 is 0 Å². The van der Waals surface area contributed by atoms with E-state index < -0.39 is 0 Å². The summed E-state index contributed by atoms with van der Waals surface area (Å²) in [6, 6.07) is 4.11. The summed E-state index contributed by atoms with van der Waals surface area (Å²) >= 11 is 0. The molecule has 1 unspecified atom stereocenters. The Morgan fingerprint density at radius 3 is 2.96 bits per heavy atom. The Morgan fingerprint density at radius 1 is 1.44 bits per heavy atom. The molecule has 0 aliphatic carbocycles. The molecule has 2 rings (SSSR count). The summed E-state index contributed by atoms with van der Waals surface area (Å²) in [4.78, 5) is 23.1. The van der Waals surface area contributed by atoms with Crippen LogP contribution in [0, 0.1) is 5.92 Å². The largest absolute Gasteiger partial charge is 0.477 e. The third-order valence-electron chi connectivity index (χ3n) is 4.38. The van der Waals surface area contributed by atoms with Gasteiger partial charge in [0.15, 0.2) is 5.96 Å². The average molecular weight is 376 g/mol. The number of aliphatic imine (C=N–C) groups is 1. The summed E-state index contributed by atoms with van der Waals surface area (Å²) in [5, 5.41) is 6.74. The van der Waals surface area contributed by atoms with Crippen LogP contribution in [0.5, 0.6) is 5.88 Å². The number of ether oxygens (including phenoxy) is 1. The van der Waals surface area contributed by atoms with Crippen molar-refractivity contribution in [2.24, 2.45) is 10.9 Å². The number of likely N-dealkylation sites (tertiary alicyclic amines) is 1. The van der Waals surface area contributed by atoms with Crippen molar-refractivity contribution in [3.63, 3.8) is 0 Å². The zero-order valence-corrected chi connectivity index (χ0v) is 17.0. The number of guanidine groups is 1. The van der Waals surface area contributed by atoms with Gasteiger partial charge < -0.3 is 20.3 Å². The molecule has 0 saturated carbocycles. The minimum Gasteiger partial charge on any atom is -0.477 e. The Kier molecular flexibility index (Phi) is 8.36. The second-order valence-electron chi connectivity index (χ2n) is 7.08. The summed E-state index contributed by atoms with van der Waals surface area (Å²) in [7, 11) is 0. The summed E-state index contributed by atoms with van der Waals surface area (Å²) < 4.78 is 5.71. The van der Waals surface area contributed by atoms with Gasteiger partial charge in [-0.05, 0) is 25.8 Å². The SMILES string of the molecule is CCCOc1ncccc1CN=C(NCC)NC1CCN(C(=O)C(C)C)C1. The number of hydrogen-bond acceptors (Lipinski definition) is 4. The number of rotatable bonds is 8. The molecule has 0 bridgehead atoms. The molecule has 150 valence electrons. The van der Waals surface area contributed by atoms with Gasteiger partial charge in [-0.15, -0.1) is 0 Å². The number of carbonyl (C=O) groups is 1. The molecule has 0 spiro atoms. The number of pyridine rings is 1. The highest BCUT2D eigenvalue weighted by Crippen LogP contribution is 2.16. The Balaban J connectivity index is 1.98. The molecule has 1 aliphatic rings. The molecule has 7 heteroatoms. The molecule has 7 nitrogen and oxygen atoms in total. The van der Waals surface area contributed by atoms with E-state index in [1.807, 2.05) is 37.8 Å². The van der Waals surface area contributed by atoms with Gasteiger partial charge >= 0.3 is 0 Å². The molecule has 2 heterocycles. The molecule has 1 amide bonds. The topological polar surface area (TPSA) is 78.9 Å². The van der Waals surface area contributed by atoms with E-state index in [9.17, 15) is 4.79 Å². The molecule has 27 heavy (non-hydrogen) atoms. The fourth-order valence-electron chi connectivity index (χ4n) is 2.99. The lowest BCUT2D eigenvalue weighted by Gasteiger charge is -2.20. The summed E-state index contributed by atoms with van der Waals surface area (Å²) in [5.74, 6) is 1.66. The third-order valence-corrected chi connectivity index (χ3v) is 4.38. The van der Waals surface area contributed by atoms with E-state index in [4.69, 9.17) is 9.73 Å². The minimum atomic E-state index is 0.0396. The second-order valence-corrected chi connectivity index (χ2v) is 7.08. The van der Waals surface area contributed by atoms with Crippen molar-refractivity contribution in [2.45, 2.75) is 53.1 Å². The van der Waals surface area contributed by atoms with Crippen molar-refractivity contribution < 1.29 is 9.53 Å². The summed E-state index contributed by atoms with van der Waals surface area (Å²) in [5.41, 5.74) is 0.964. The number of nitrogens with zero attached hydrogens (tertiary/aromatic N) is 3. The average Bonchev–Trinajstić information content (AvgIpc) is 3.13. The molecule has 0 radical (unpaired) electrons. The predicted molar refractivity (Wildman–Crippen MR) is 108 cm³/mol. The Morgan fingerprint density at radius 2 is 2.26 bits per heavy atom. The smallest absolute Gasteiger partial charge is 0.225 e. The Hall–Kier alpha value is -2.31. The Labute approximate surface area is 162 Å². The molecule has 1 aromatic heterocycles. The van der Waals surface area contributed by atoms with Crippen LogP contribution in [0.2, 0.25) is 0 Å². The van der Waals surface area contributed by atoms with Crippen molar-refractivity contribution in [1.29, 1.82) is 0 Å². The van der Waals surface area contributed by atoms with Gasteiger partial charge in [0.25, 0.3) is 0 Å². The molecular weight excluding hydrogens is 342 g/mol. The first-order chi connectivity index (χ1) is 13.0. The standard InChI is InChI=1S/C20H33N5O2/c1-5-12-27-18-16(8-7-10-22-18)13-23-20(21-6-2)24-17-9-11-25(14-17)19(26)15(3)4/h7-8,10,15,17H,5-6,9,11-14H2,1-4H3,(H2,21,23,24). The van der Waals surface area contributed by atoms with Crippen LogP contribution in [0.15, 0.2) is 23.3 Å². The predicted octanol–water partition coefficient (Wildman–Crippen LogP) is 2.18. The lowest BCUT2D eigenvalue weighted by molar-refractivity contribution is -0.133. The Bertz CT molecular complexity index is 633.